The molecular weight excluding hydrogens is 206 g/mol. The molecule has 2 atom stereocenters. The zero-order valence-corrected chi connectivity index (χ0v) is 12.7. The Balaban J connectivity index is 2.37. The summed E-state index contributed by atoms with van der Waals surface area (Å²) in [6.45, 7) is 12.8. The summed E-state index contributed by atoms with van der Waals surface area (Å²) in [5.74, 6) is 2.79. The van der Waals surface area contributed by atoms with Crippen molar-refractivity contribution in [3.8, 4) is 0 Å². The standard InChI is InChI=1S/C16H33N/c1-13(2)10-11-14-8-6-7-9-15(14)12-17-16(3,4)5/h13-15,17H,6-12H2,1-5H3. The molecular formula is C16H33N. The van der Waals surface area contributed by atoms with Crippen LogP contribution in [0.5, 0.6) is 0 Å². The molecule has 2 unspecified atom stereocenters. The van der Waals surface area contributed by atoms with Gasteiger partial charge in [-0.2, -0.15) is 0 Å². The van der Waals surface area contributed by atoms with Gasteiger partial charge in [-0.25, -0.2) is 0 Å². The van der Waals surface area contributed by atoms with E-state index in [2.05, 4.69) is 39.9 Å². The van der Waals surface area contributed by atoms with Crippen LogP contribution in [0.1, 0.15) is 73.1 Å². The van der Waals surface area contributed by atoms with Gasteiger partial charge in [0, 0.05) is 5.54 Å². The average Bonchev–Trinajstić information content (AvgIpc) is 2.23. The zero-order valence-electron chi connectivity index (χ0n) is 12.7. The van der Waals surface area contributed by atoms with Crippen molar-refractivity contribution in [2.45, 2.75) is 78.7 Å². The third-order valence-electron chi connectivity index (χ3n) is 4.08. The summed E-state index contributed by atoms with van der Waals surface area (Å²) >= 11 is 0. The molecule has 0 heterocycles. The number of nitrogens with one attached hydrogen (secondary N) is 1. The van der Waals surface area contributed by atoms with E-state index in [-0.39, 0.29) is 5.54 Å². The first kappa shape index (κ1) is 15.0. The normalized spacial score (nSPS) is 26.5. The quantitative estimate of drug-likeness (QED) is 0.738. The molecule has 1 fully saturated rings. The molecule has 102 valence electrons. The van der Waals surface area contributed by atoms with Gasteiger partial charge in [0.1, 0.15) is 0 Å². The maximum Gasteiger partial charge on any atom is 0.00966 e. The van der Waals surface area contributed by atoms with Gasteiger partial charge < -0.3 is 5.32 Å². The topological polar surface area (TPSA) is 12.0 Å². The summed E-state index contributed by atoms with van der Waals surface area (Å²) in [5, 5.41) is 3.71. The highest BCUT2D eigenvalue weighted by Gasteiger charge is 2.25. The second kappa shape index (κ2) is 6.78. The van der Waals surface area contributed by atoms with E-state index in [0.717, 1.165) is 17.8 Å². The highest BCUT2D eigenvalue weighted by Crippen LogP contribution is 2.33. The summed E-state index contributed by atoms with van der Waals surface area (Å²) in [4.78, 5) is 0. The predicted octanol–water partition coefficient (Wildman–Crippen LogP) is 4.62. The van der Waals surface area contributed by atoms with Crippen molar-refractivity contribution in [1.29, 1.82) is 0 Å². The van der Waals surface area contributed by atoms with E-state index in [4.69, 9.17) is 0 Å². The van der Waals surface area contributed by atoms with Crippen LogP contribution < -0.4 is 5.32 Å². The van der Waals surface area contributed by atoms with Crippen molar-refractivity contribution in [2.75, 3.05) is 6.54 Å². The molecule has 0 radical (unpaired) electrons. The van der Waals surface area contributed by atoms with Crippen molar-refractivity contribution in [3.05, 3.63) is 0 Å². The monoisotopic (exact) mass is 239 g/mol. The molecule has 0 saturated heterocycles. The lowest BCUT2D eigenvalue weighted by Gasteiger charge is -2.34. The SMILES string of the molecule is CC(C)CCC1CCCCC1CNC(C)(C)C. The molecule has 0 aliphatic heterocycles. The second-order valence-electron chi connectivity index (χ2n) is 7.41. The highest BCUT2D eigenvalue weighted by atomic mass is 14.9. The molecule has 17 heavy (non-hydrogen) atoms. The van der Waals surface area contributed by atoms with Gasteiger partial charge in [0.25, 0.3) is 0 Å². The van der Waals surface area contributed by atoms with Crippen LogP contribution in [-0.2, 0) is 0 Å². The molecule has 0 aromatic rings. The van der Waals surface area contributed by atoms with Crippen molar-refractivity contribution in [2.24, 2.45) is 17.8 Å². The summed E-state index contributed by atoms with van der Waals surface area (Å²) in [5.41, 5.74) is 0.278. The van der Waals surface area contributed by atoms with Gasteiger partial charge in [-0.15, -0.1) is 0 Å². The Morgan fingerprint density at radius 1 is 1.06 bits per heavy atom. The Kier molecular flexibility index (Phi) is 5.99. The van der Waals surface area contributed by atoms with Crippen LogP contribution in [0.3, 0.4) is 0 Å². The van der Waals surface area contributed by atoms with E-state index in [9.17, 15) is 0 Å². The molecule has 1 aliphatic carbocycles. The average molecular weight is 239 g/mol. The van der Waals surface area contributed by atoms with Crippen LogP contribution in [0, 0.1) is 17.8 Å². The van der Waals surface area contributed by atoms with E-state index in [0.29, 0.717) is 0 Å². The predicted molar refractivity (Wildman–Crippen MR) is 77.3 cm³/mol. The Labute approximate surface area is 109 Å². The molecule has 0 aromatic heterocycles. The van der Waals surface area contributed by atoms with Crippen molar-refractivity contribution < 1.29 is 0 Å². The molecule has 0 amide bonds. The number of hydrogen-bond donors (Lipinski definition) is 1. The molecule has 1 aliphatic rings. The van der Waals surface area contributed by atoms with Crippen LogP contribution in [0.2, 0.25) is 0 Å². The van der Waals surface area contributed by atoms with E-state index >= 15 is 0 Å². The van der Waals surface area contributed by atoms with Gasteiger partial charge in [0.2, 0.25) is 0 Å². The summed E-state index contributed by atoms with van der Waals surface area (Å²) in [7, 11) is 0. The molecule has 1 N–H and O–H groups in total. The minimum Gasteiger partial charge on any atom is -0.312 e. The maximum atomic E-state index is 3.71. The molecule has 1 heteroatoms. The lowest BCUT2D eigenvalue weighted by atomic mass is 9.76. The van der Waals surface area contributed by atoms with Crippen molar-refractivity contribution in [3.63, 3.8) is 0 Å². The van der Waals surface area contributed by atoms with Crippen molar-refractivity contribution >= 4 is 0 Å². The van der Waals surface area contributed by atoms with E-state index in [1.54, 1.807) is 0 Å². The third kappa shape index (κ3) is 6.45. The summed E-state index contributed by atoms with van der Waals surface area (Å²) < 4.78 is 0. The fourth-order valence-corrected chi connectivity index (χ4v) is 2.92. The van der Waals surface area contributed by atoms with Crippen LogP contribution in [-0.4, -0.2) is 12.1 Å². The van der Waals surface area contributed by atoms with Crippen molar-refractivity contribution in [1.82, 2.24) is 5.32 Å². The van der Waals surface area contributed by atoms with E-state index in [1.807, 2.05) is 0 Å². The smallest absolute Gasteiger partial charge is 0.00966 e. The van der Waals surface area contributed by atoms with Crippen LogP contribution in [0.25, 0.3) is 0 Å². The van der Waals surface area contributed by atoms with Crippen LogP contribution in [0.15, 0.2) is 0 Å². The first-order valence-corrected chi connectivity index (χ1v) is 7.63. The molecule has 1 nitrogen and oxygen atoms in total. The van der Waals surface area contributed by atoms with E-state index < -0.39 is 0 Å². The van der Waals surface area contributed by atoms with Gasteiger partial charge in [-0.3, -0.25) is 0 Å². The fourth-order valence-electron chi connectivity index (χ4n) is 2.92. The van der Waals surface area contributed by atoms with Crippen LogP contribution >= 0.6 is 0 Å². The molecule has 1 rings (SSSR count). The van der Waals surface area contributed by atoms with Gasteiger partial charge in [-0.05, 0) is 57.9 Å². The highest BCUT2D eigenvalue weighted by molar-refractivity contribution is 4.80. The Morgan fingerprint density at radius 3 is 2.18 bits per heavy atom. The minimum atomic E-state index is 0.278. The first-order chi connectivity index (χ1) is 7.88. The Morgan fingerprint density at radius 2 is 1.65 bits per heavy atom. The largest absolute Gasteiger partial charge is 0.312 e. The maximum absolute atomic E-state index is 3.71. The number of rotatable bonds is 5. The Hall–Kier alpha value is -0.0400. The zero-order chi connectivity index (χ0) is 12.9. The van der Waals surface area contributed by atoms with Gasteiger partial charge in [0.15, 0.2) is 0 Å². The lowest BCUT2D eigenvalue weighted by molar-refractivity contribution is 0.195. The second-order valence-corrected chi connectivity index (χ2v) is 7.41. The van der Waals surface area contributed by atoms with E-state index in [1.165, 1.54) is 45.1 Å². The first-order valence-electron chi connectivity index (χ1n) is 7.63. The van der Waals surface area contributed by atoms with Crippen LogP contribution in [0.4, 0.5) is 0 Å². The number of hydrogen-bond acceptors (Lipinski definition) is 1. The fraction of sp³-hybridized carbons (Fsp3) is 1.00. The third-order valence-corrected chi connectivity index (χ3v) is 4.08. The molecule has 0 bridgehead atoms. The summed E-state index contributed by atoms with van der Waals surface area (Å²) in [6.07, 6.45) is 8.71. The van der Waals surface area contributed by atoms with Gasteiger partial charge in [0.05, 0.1) is 0 Å². The lowest BCUT2D eigenvalue weighted by Crippen LogP contribution is -2.41. The summed E-state index contributed by atoms with van der Waals surface area (Å²) in [6, 6.07) is 0. The van der Waals surface area contributed by atoms with Gasteiger partial charge in [-0.1, -0.05) is 39.5 Å². The molecule has 1 saturated carbocycles. The Bertz CT molecular complexity index is 202. The molecule has 0 aromatic carbocycles. The molecule has 0 spiro atoms. The van der Waals surface area contributed by atoms with Gasteiger partial charge >= 0.3 is 0 Å². The minimum absolute atomic E-state index is 0.278.